The number of ether oxygens (including phenoxy) is 2. The zero-order valence-corrected chi connectivity index (χ0v) is 19.4. The summed E-state index contributed by atoms with van der Waals surface area (Å²) in [6, 6.07) is 12.5. The molecule has 1 saturated heterocycles. The lowest BCUT2D eigenvalue weighted by Crippen LogP contribution is -2.45. The predicted octanol–water partition coefficient (Wildman–Crippen LogP) is 3.08. The summed E-state index contributed by atoms with van der Waals surface area (Å²) in [7, 11) is -1.93. The van der Waals surface area contributed by atoms with Gasteiger partial charge in [-0.05, 0) is 73.7 Å². The minimum atomic E-state index is -3.58. The van der Waals surface area contributed by atoms with Crippen LogP contribution >= 0.6 is 0 Å². The van der Waals surface area contributed by atoms with Gasteiger partial charge in [-0.25, -0.2) is 8.42 Å². The topological polar surface area (TPSA) is 76.2 Å². The number of hydrogen-bond acceptors (Lipinski definition) is 5. The van der Waals surface area contributed by atoms with Crippen molar-refractivity contribution in [1.29, 1.82) is 0 Å². The van der Waals surface area contributed by atoms with Gasteiger partial charge in [0.15, 0.2) is 0 Å². The lowest BCUT2D eigenvalue weighted by atomic mass is 9.93. The zero-order valence-electron chi connectivity index (χ0n) is 18.6. The first kappa shape index (κ1) is 22.6. The molecule has 0 saturated carbocycles. The van der Waals surface area contributed by atoms with E-state index in [1.165, 1.54) is 9.87 Å². The van der Waals surface area contributed by atoms with Crippen LogP contribution in [0.3, 0.4) is 0 Å². The maximum Gasteiger partial charge on any atom is 0.243 e. The number of amides is 1. The van der Waals surface area contributed by atoms with Crippen LogP contribution in [0.25, 0.3) is 0 Å². The van der Waals surface area contributed by atoms with Crippen LogP contribution in [0.5, 0.6) is 11.5 Å². The van der Waals surface area contributed by atoms with Gasteiger partial charge in [0.1, 0.15) is 11.5 Å². The van der Waals surface area contributed by atoms with Gasteiger partial charge in [-0.1, -0.05) is 6.07 Å². The molecular weight excluding hydrogens is 428 g/mol. The molecule has 7 nitrogen and oxygen atoms in total. The predicted molar refractivity (Wildman–Crippen MR) is 121 cm³/mol. The number of carbonyl (C=O) groups excluding carboxylic acids is 1. The molecule has 2 heterocycles. The molecule has 4 rings (SSSR count). The minimum Gasteiger partial charge on any atom is -0.497 e. The molecule has 0 atom stereocenters. The number of fused-ring (bicyclic) bond motifs is 1. The highest BCUT2D eigenvalue weighted by Crippen LogP contribution is 2.29. The maximum absolute atomic E-state index is 13.2. The van der Waals surface area contributed by atoms with Crippen molar-refractivity contribution >= 4 is 15.9 Å². The Bertz CT molecular complexity index is 1060. The average molecular weight is 459 g/mol. The van der Waals surface area contributed by atoms with E-state index in [0.717, 1.165) is 17.7 Å². The first-order chi connectivity index (χ1) is 15.4. The van der Waals surface area contributed by atoms with Crippen molar-refractivity contribution < 1.29 is 22.7 Å². The van der Waals surface area contributed by atoms with Crippen molar-refractivity contribution in [1.82, 2.24) is 9.21 Å². The summed E-state index contributed by atoms with van der Waals surface area (Å²) >= 11 is 0. The Hall–Kier alpha value is -2.58. The highest BCUT2D eigenvalue weighted by Gasteiger charge is 2.34. The molecule has 2 aromatic carbocycles. The molecule has 0 radical (unpaired) electrons. The minimum absolute atomic E-state index is 0.122. The van der Waals surface area contributed by atoms with E-state index in [9.17, 15) is 13.2 Å². The molecule has 32 heavy (non-hydrogen) atoms. The highest BCUT2D eigenvalue weighted by atomic mass is 32.2. The van der Waals surface area contributed by atoms with E-state index in [1.54, 1.807) is 31.4 Å². The lowest BCUT2D eigenvalue weighted by molar-refractivity contribution is -0.137. The van der Waals surface area contributed by atoms with Crippen LogP contribution in [0.15, 0.2) is 47.4 Å². The molecule has 2 aromatic rings. The van der Waals surface area contributed by atoms with E-state index < -0.39 is 10.0 Å². The summed E-state index contributed by atoms with van der Waals surface area (Å²) < 4.78 is 38.2. The largest absolute Gasteiger partial charge is 0.497 e. The first-order valence-corrected chi connectivity index (χ1v) is 12.5. The third kappa shape index (κ3) is 4.61. The van der Waals surface area contributed by atoms with Crippen molar-refractivity contribution in [2.24, 2.45) is 5.92 Å². The summed E-state index contributed by atoms with van der Waals surface area (Å²) in [5.41, 5.74) is 2.38. The number of carbonyl (C=O) groups is 1. The van der Waals surface area contributed by atoms with Crippen LogP contribution in [-0.2, 0) is 27.8 Å². The third-order valence-electron chi connectivity index (χ3n) is 6.31. The van der Waals surface area contributed by atoms with E-state index in [2.05, 4.69) is 6.07 Å². The van der Waals surface area contributed by atoms with Gasteiger partial charge in [0, 0.05) is 32.1 Å². The fraction of sp³-hybridized carbons (Fsp3) is 0.458. The number of rotatable bonds is 6. The number of benzene rings is 2. The Morgan fingerprint density at radius 1 is 1.00 bits per heavy atom. The van der Waals surface area contributed by atoms with Gasteiger partial charge in [-0.15, -0.1) is 0 Å². The smallest absolute Gasteiger partial charge is 0.243 e. The third-order valence-corrected chi connectivity index (χ3v) is 8.23. The van der Waals surface area contributed by atoms with Crippen molar-refractivity contribution in [2.45, 2.75) is 37.6 Å². The standard InChI is InChI=1S/C24H30N2O5S/c1-3-31-21-6-8-23(9-7-21)32(28,29)26-14-11-19(12-15-26)24(27)25-13-10-18-4-5-22(30-2)16-20(18)17-25/h4-9,16,19H,3,10-15,17H2,1-2H3. The monoisotopic (exact) mass is 458 g/mol. The number of piperidine rings is 1. The molecule has 8 heteroatoms. The molecule has 0 unspecified atom stereocenters. The number of methoxy groups -OCH3 is 1. The maximum atomic E-state index is 13.2. The van der Waals surface area contributed by atoms with Crippen LogP contribution in [0.2, 0.25) is 0 Å². The van der Waals surface area contributed by atoms with E-state index in [4.69, 9.17) is 9.47 Å². The highest BCUT2D eigenvalue weighted by molar-refractivity contribution is 7.89. The van der Waals surface area contributed by atoms with Crippen LogP contribution in [0.1, 0.15) is 30.9 Å². The van der Waals surface area contributed by atoms with Crippen molar-refractivity contribution in [2.75, 3.05) is 33.4 Å². The number of nitrogens with zero attached hydrogens (tertiary/aromatic N) is 2. The van der Waals surface area contributed by atoms with Crippen LogP contribution in [-0.4, -0.2) is 56.9 Å². The van der Waals surface area contributed by atoms with Gasteiger partial charge in [0.05, 0.1) is 18.6 Å². The van der Waals surface area contributed by atoms with Crippen LogP contribution in [0, 0.1) is 5.92 Å². The Kier molecular flexibility index (Phi) is 6.71. The molecule has 0 aliphatic carbocycles. The van der Waals surface area contributed by atoms with Crippen molar-refractivity contribution in [3.8, 4) is 11.5 Å². The van der Waals surface area contributed by atoms with E-state index in [0.29, 0.717) is 51.4 Å². The average Bonchev–Trinajstić information content (AvgIpc) is 2.83. The number of hydrogen-bond donors (Lipinski definition) is 0. The quantitative estimate of drug-likeness (QED) is 0.665. The Morgan fingerprint density at radius 2 is 1.69 bits per heavy atom. The fourth-order valence-electron chi connectivity index (χ4n) is 4.47. The second kappa shape index (κ2) is 9.50. The lowest BCUT2D eigenvalue weighted by Gasteiger charge is -2.35. The van der Waals surface area contributed by atoms with Crippen molar-refractivity contribution in [3.63, 3.8) is 0 Å². The van der Waals surface area contributed by atoms with Gasteiger partial charge in [-0.2, -0.15) is 4.31 Å². The SMILES string of the molecule is CCOc1ccc(S(=O)(=O)N2CCC(C(=O)N3CCc4ccc(OC)cc4C3)CC2)cc1. The summed E-state index contributed by atoms with van der Waals surface area (Å²) in [4.78, 5) is 15.3. The van der Waals surface area contributed by atoms with Gasteiger partial charge < -0.3 is 14.4 Å². The van der Waals surface area contributed by atoms with Crippen LogP contribution < -0.4 is 9.47 Å². The summed E-state index contributed by atoms with van der Waals surface area (Å²) in [5, 5.41) is 0. The van der Waals surface area contributed by atoms with E-state index in [-0.39, 0.29) is 16.7 Å². The van der Waals surface area contributed by atoms with Gasteiger partial charge in [0.25, 0.3) is 0 Å². The Morgan fingerprint density at radius 3 is 2.34 bits per heavy atom. The van der Waals surface area contributed by atoms with Gasteiger partial charge in [0.2, 0.25) is 15.9 Å². The zero-order chi connectivity index (χ0) is 22.7. The Balaban J connectivity index is 1.37. The van der Waals surface area contributed by atoms with Crippen molar-refractivity contribution in [3.05, 3.63) is 53.6 Å². The van der Waals surface area contributed by atoms with Gasteiger partial charge >= 0.3 is 0 Å². The summed E-state index contributed by atoms with van der Waals surface area (Å²) in [6.45, 7) is 4.40. The van der Waals surface area contributed by atoms with Crippen LogP contribution in [0.4, 0.5) is 0 Å². The van der Waals surface area contributed by atoms with Gasteiger partial charge in [-0.3, -0.25) is 4.79 Å². The summed E-state index contributed by atoms with van der Waals surface area (Å²) in [6.07, 6.45) is 1.91. The molecule has 1 fully saturated rings. The van der Waals surface area contributed by atoms with E-state index >= 15 is 0 Å². The first-order valence-electron chi connectivity index (χ1n) is 11.1. The fourth-order valence-corrected chi connectivity index (χ4v) is 5.94. The molecule has 0 spiro atoms. The Labute approximate surface area is 190 Å². The molecule has 2 aliphatic rings. The number of sulfonamides is 1. The normalized spacial score (nSPS) is 17.6. The molecule has 0 aromatic heterocycles. The molecule has 1 amide bonds. The molecule has 0 N–H and O–H groups in total. The molecular formula is C24H30N2O5S. The van der Waals surface area contributed by atoms with E-state index in [1.807, 2.05) is 24.0 Å². The second-order valence-corrected chi connectivity index (χ2v) is 10.2. The molecule has 0 bridgehead atoms. The summed E-state index contributed by atoms with van der Waals surface area (Å²) in [5.74, 6) is 1.42. The second-order valence-electron chi connectivity index (χ2n) is 8.23. The molecule has 2 aliphatic heterocycles. The molecule has 172 valence electrons.